The van der Waals surface area contributed by atoms with Crippen molar-refractivity contribution in [3.63, 3.8) is 0 Å². The van der Waals surface area contributed by atoms with Crippen LogP contribution in [0, 0.1) is 5.82 Å². The first-order valence-electron chi connectivity index (χ1n) is 9.01. The van der Waals surface area contributed by atoms with Gasteiger partial charge in [-0.1, -0.05) is 24.3 Å². The molecule has 2 N–H and O–H groups in total. The number of nitrogens with zero attached hydrogens (tertiary/aromatic N) is 2. The maximum atomic E-state index is 12.9. The highest BCUT2D eigenvalue weighted by Crippen LogP contribution is 2.24. The first-order valence-corrected chi connectivity index (χ1v) is 9.01. The van der Waals surface area contributed by atoms with E-state index < -0.39 is 0 Å². The molecule has 7 heteroatoms. The Morgan fingerprint density at radius 1 is 1.04 bits per heavy atom. The second-order valence-electron chi connectivity index (χ2n) is 5.99. The first kappa shape index (κ1) is 19.3. The van der Waals surface area contributed by atoms with Crippen molar-refractivity contribution in [2.75, 3.05) is 23.8 Å². The number of anilines is 2. The number of carbonyl (C=O) groups is 1. The van der Waals surface area contributed by atoms with Crippen molar-refractivity contribution in [1.29, 1.82) is 0 Å². The van der Waals surface area contributed by atoms with Crippen LogP contribution in [0.15, 0.2) is 60.7 Å². The molecule has 0 aliphatic heterocycles. The summed E-state index contributed by atoms with van der Waals surface area (Å²) in [6.07, 6.45) is 0.721. The van der Waals surface area contributed by atoms with E-state index in [-0.39, 0.29) is 17.4 Å². The summed E-state index contributed by atoms with van der Waals surface area (Å²) in [5, 5.41) is 13.9. The third-order valence-corrected chi connectivity index (χ3v) is 3.97. The Morgan fingerprint density at radius 3 is 2.54 bits per heavy atom. The molecule has 0 fully saturated rings. The molecule has 3 rings (SSSR count). The molecular formula is C21H21FN4O2. The number of ether oxygens (including phenoxy) is 1. The molecule has 0 atom stereocenters. The van der Waals surface area contributed by atoms with Gasteiger partial charge in [0.15, 0.2) is 5.69 Å². The number of halogens is 1. The molecule has 0 aliphatic carbocycles. The van der Waals surface area contributed by atoms with Crippen LogP contribution >= 0.6 is 0 Å². The highest BCUT2D eigenvalue weighted by Gasteiger charge is 2.11. The van der Waals surface area contributed by atoms with Crippen molar-refractivity contribution in [1.82, 2.24) is 10.2 Å². The fourth-order valence-corrected chi connectivity index (χ4v) is 2.57. The summed E-state index contributed by atoms with van der Waals surface area (Å²) < 4.78 is 18.4. The highest BCUT2D eigenvalue weighted by atomic mass is 19.1. The maximum absolute atomic E-state index is 12.9. The number of nitrogens with one attached hydrogen (secondary N) is 2. The molecular weight excluding hydrogens is 359 g/mol. The van der Waals surface area contributed by atoms with Gasteiger partial charge >= 0.3 is 0 Å². The summed E-state index contributed by atoms with van der Waals surface area (Å²) in [5.74, 6) is 0.552. The molecule has 0 saturated heterocycles. The summed E-state index contributed by atoms with van der Waals surface area (Å²) in [7, 11) is 0. The summed E-state index contributed by atoms with van der Waals surface area (Å²) in [5.41, 5.74) is 1.80. The van der Waals surface area contributed by atoms with E-state index in [9.17, 15) is 9.18 Å². The zero-order valence-corrected chi connectivity index (χ0v) is 15.5. The molecule has 1 heterocycles. The lowest BCUT2D eigenvalue weighted by molar-refractivity contribution is 0.102. The Kier molecular flexibility index (Phi) is 6.51. The molecule has 3 aromatic rings. The van der Waals surface area contributed by atoms with Crippen LogP contribution in [0.3, 0.4) is 0 Å². The average molecular weight is 380 g/mol. The van der Waals surface area contributed by atoms with Crippen LogP contribution in [0.1, 0.15) is 23.0 Å². The van der Waals surface area contributed by atoms with Gasteiger partial charge in [0.1, 0.15) is 17.4 Å². The van der Waals surface area contributed by atoms with Crippen LogP contribution in [-0.4, -0.2) is 29.3 Å². The SMILES string of the molecule is CCOc1ccccc1NC(=O)c1ccc(NCCc2ccc(F)cc2)nn1. The lowest BCUT2D eigenvalue weighted by atomic mass is 10.1. The van der Waals surface area contributed by atoms with Gasteiger partial charge in [0.2, 0.25) is 0 Å². The number of para-hydroxylation sites is 2. The molecule has 1 amide bonds. The molecule has 144 valence electrons. The van der Waals surface area contributed by atoms with E-state index in [1.54, 1.807) is 36.4 Å². The van der Waals surface area contributed by atoms with E-state index in [0.717, 1.165) is 12.0 Å². The van der Waals surface area contributed by atoms with Crippen LogP contribution < -0.4 is 15.4 Å². The number of carbonyl (C=O) groups excluding carboxylic acids is 1. The molecule has 0 unspecified atom stereocenters. The molecule has 0 aliphatic rings. The van der Waals surface area contributed by atoms with E-state index in [1.807, 2.05) is 19.1 Å². The maximum Gasteiger partial charge on any atom is 0.276 e. The fourth-order valence-electron chi connectivity index (χ4n) is 2.57. The predicted molar refractivity (Wildman–Crippen MR) is 106 cm³/mol. The summed E-state index contributed by atoms with van der Waals surface area (Å²) in [6.45, 7) is 3.00. The Hall–Kier alpha value is -3.48. The van der Waals surface area contributed by atoms with Crippen LogP contribution in [0.5, 0.6) is 5.75 Å². The predicted octanol–water partition coefficient (Wildman–Crippen LogP) is 3.92. The number of hydrogen-bond donors (Lipinski definition) is 2. The lowest BCUT2D eigenvalue weighted by Gasteiger charge is -2.11. The molecule has 0 spiro atoms. The molecule has 0 bridgehead atoms. The van der Waals surface area contributed by atoms with Crippen molar-refractivity contribution in [2.24, 2.45) is 0 Å². The Labute approximate surface area is 162 Å². The smallest absolute Gasteiger partial charge is 0.276 e. The zero-order chi connectivity index (χ0) is 19.8. The molecule has 0 radical (unpaired) electrons. The number of hydrogen-bond acceptors (Lipinski definition) is 5. The molecule has 0 saturated carbocycles. The second-order valence-corrected chi connectivity index (χ2v) is 5.99. The van der Waals surface area contributed by atoms with Crippen molar-refractivity contribution in [3.8, 4) is 5.75 Å². The van der Waals surface area contributed by atoms with Crippen LogP contribution in [-0.2, 0) is 6.42 Å². The molecule has 1 aromatic heterocycles. The Balaban J connectivity index is 1.55. The zero-order valence-electron chi connectivity index (χ0n) is 15.5. The summed E-state index contributed by atoms with van der Waals surface area (Å²) in [6, 6.07) is 16.9. The molecule has 28 heavy (non-hydrogen) atoms. The van der Waals surface area contributed by atoms with Crippen LogP contribution in [0.4, 0.5) is 15.9 Å². The topological polar surface area (TPSA) is 76.1 Å². The minimum Gasteiger partial charge on any atom is -0.492 e. The van der Waals surface area contributed by atoms with Gasteiger partial charge in [0.05, 0.1) is 12.3 Å². The van der Waals surface area contributed by atoms with Crippen molar-refractivity contribution in [2.45, 2.75) is 13.3 Å². The van der Waals surface area contributed by atoms with Gasteiger partial charge < -0.3 is 15.4 Å². The van der Waals surface area contributed by atoms with Crippen molar-refractivity contribution < 1.29 is 13.9 Å². The van der Waals surface area contributed by atoms with Gasteiger partial charge in [-0.15, -0.1) is 10.2 Å². The molecule has 2 aromatic carbocycles. The number of rotatable bonds is 8. The number of aromatic nitrogens is 2. The van der Waals surface area contributed by atoms with Crippen molar-refractivity contribution in [3.05, 3.63) is 77.7 Å². The fraction of sp³-hybridized carbons (Fsp3) is 0.190. The summed E-state index contributed by atoms with van der Waals surface area (Å²) >= 11 is 0. The Morgan fingerprint density at radius 2 is 1.82 bits per heavy atom. The minimum absolute atomic E-state index is 0.204. The van der Waals surface area contributed by atoms with E-state index in [2.05, 4.69) is 20.8 Å². The lowest BCUT2D eigenvalue weighted by Crippen LogP contribution is -2.16. The standard InChI is InChI=1S/C21H21FN4O2/c1-2-28-19-6-4-3-5-17(19)24-21(27)18-11-12-20(26-25-18)23-14-13-15-7-9-16(22)10-8-15/h3-12H,2,13-14H2,1H3,(H,23,26)(H,24,27). The number of amides is 1. The van der Waals surface area contributed by atoms with Gasteiger partial charge in [-0.3, -0.25) is 4.79 Å². The normalized spacial score (nSPS) is 10.4. The minimum atomic E-state index is -0.363. The third-order valence-electron chi connectivity index (χ3n) is 3.97. The van der Waals surface area contributed by atoms with Crippen LogP contribution in [0.25, 0.3) is 0 Å². The van der Waals surface area contributed by atoms with Gasteiger partial charge in [0, 0.05) is 6.54 Å². The molecule has 6 nitrogen and oxygen atoms in total. The van der Waals surface area contributed by atoms with Gasteiger partial charge in [-0.05, 0) is 55.3 Å². The largest absolute Gasteiger partial charge is 0.492 e. The average Bonchev–Trinajstić information content (AvgIpc) is 2.71. The van der Waals surface area contributed by atoms with Gasteiger partial charge in [-0.25, -0.2) is 4.39 Å². The van der Waals surface area contributed by atoms with E-state index in [0.29, 0.717) is 30.4 Å². The monoisotopic (exact) mass is 380 g/mol. The van der Waals surface area contributed by atoms with Gasteiger partial charge in [-0.2, -0.15) is 0 Å². The van der Waals surface area contributed by atoms with E-state index in [4.69, 9.17) is 4.74 Å². The quantitative estimate of drug-likeness (QED) is 0.619. The summed E-state index contributed by atoms with van der Waals surface area (Å²) in [4.78, 5) is 12.4. The first-order chi connectivity index (χ1) is 13.7. The van der Waals surface area contributed by atoms with E-state index in [1.165, 1.54) is 12.1 Å². The third kappa shape index (κ3) is 5.26. The van der Waals surface area contributed by atoms with Gasteiger partial charge in [0.25, 0.3) is 5.91 Å². The second kappa shape index (κ2) is 9.45. The van der Waals surface area contributed by atoms with Crippen LogP contribution in [0.2, 0.25) is 0 Å². The number of benzene rings is 2. The van der Waals surface area contributed by atoms with E-state index >= 15 is 0 Å². The highest BCUT2D eigenvalue weighted by molar-refractivity contribution is 6.03. The van der Waals surface area contributed by atoms with Crippen molar-refractivity contribution >= 4 is 17.4 Å². The Bertz CT molecular complexity index is 914.